The fourth-order valence-electron chi connectivity index (χ4n) is 2.70. The van der Waals surface area contributed by atoms with Gasteiger partial charge in [0.2, 0.25) is 11.8 Å². The first-order chi connectivity index (χ1) is 10.2. The fraction of sp³-hybridized carbons (Fsp3) is 0.556. The molecule has 2 N–H and O–H groups in total. The van der Waals surface area contributed by atoms with Crippen molar-refractivity contribution in [2.24, 2.45) is 5.92 Å². The number of rotatable bonds is 4. The zero-order chi connectivity index (χ0) is 16.5. The van der Waals surface area contributed by atoms with E-state index in [0.29, 0.717) is 5.92 Å². The predicted molar refractivity (Wildman–Crippen MR) is 87.5 cm³/mol. The summed E-state index contributed by atoms with van der Waals surface area (Å²) in [5, 5.41) is 5.71. The Morgan fingerprint density at radius 2 is 1.86 bits per heavy atom. The lowest BCUT2D eigenvalue weighted by molar-refractivity contribution is -0.130. The predicted octanol–water partition coefficient (Wildman–Crippen LogP) is 2.52. The molecule has 1 aliphatic rings. The zero-order valence-corrected chi connectivity index (χ0v) is 14.1. The van der Waals surface area contributed by atoms with Crippen LogP contribution in [0.4, 0.5) is 0 Å². The highest BCUT2D eigenvalue weighted by molar-refractivity contribution is 5.90. The number of amides is 2. The molecule has 0 saturated heterocycles. The summed E-state index contributed by atoms with van der Waals surface area (Å²) in [7, 11) is 0. The van der Waals surface area contributed by atoms with Gasteiger partial charge in [-0.05, 0) is 58.1 Å². The molecular weight excluding hydrogens is 276 g/mol. The Kier molecular flexibility index (Phi) is 4.59. The molecule has 0 heterocycles. The number of carbonyl (C=O) groups excluding carboxylic acids is 2. The van der Waals surface area contributed by atoms with Gasteiger partial charge in [0.25, 0.3) is 0 Å². The third-order valence-corrected chi connectivity index (χ3v) is 3.97. The number of benzene rings is 1. The molecule has 1 fully saturated rings. The van der Waals surface area contributed by atoms with Gasteiger partial charge in [-0.1, -0.05) is 24.3 Å². The quantitative estimate of drug-likeness (QED) is 0.898. The number of hydrogen-bond acceptors (Lipinski definition) is 2. The van der Waals surface area contributed by atoms with Crippen LogP contribution in [0.3, 0.4) is 0 Å². The van der Waals surface area contributed by atoms with Crippen LogP contribution in [0.15, 0.2) is 24.3 Å². The molecule has 4 nitrogen and oxygen atoms in total. The molecular formula is C18H26N2O2. The van der Waals surface area contributed by atoms with Crippen molar-refractivity contribution in [2.45, 2.75) is 58.5 Å². The van der Waals surface area contributed by atoms with Crippen LogP contribution in [0.1, 0.15) is 51.2 Å². The second-order valence-corrected chi connectivity index (χ2v) is 7.27. The van der Waals surface area contributed by atoms with Gasteiger partial charge in [0.05, 0.1) is 0 Å². The van der Waals surface area contributed by atoms with Crippen molar-refractivity contribution in [1.29, 1.82) is 0 Å². The van der Waals surface area contributed by atoms with Gasteiger partial charge in [-0.2, -0.15) is 0 Å². The maximum absolute atomic E-state index is 12.3. The number of carbonyl (C=O) groups is 2. The van der Waals surface area contributed by atoms with E-state index in [0.717, 1.165) is 6.42 Å². The molecule has 1 aromatic carbocycles. The minimum atomic E-state index is -0.509. The van der Waals surface area contributed by atoms with Crippen LogP contribution in [0, 0.1) is 12.8 Å². The largest absolute Gasteiger partial charge is 0.350 e. The first kappa shape index (κ1) is 16.5. The summed E-state index contributed by atoms with van der Waals surface area (Å²) >= 11 is 0. The smallest absolute Gasteiger partial charge is 0.242 e. The molecule has 1 saturated carbocycles. The van der Waals surface area contributed by atoms with Crippen LogP contribution >= 0.6 is 0 Å². The first-order valence-electron chi connectivity index (χ1n) is 7.87. The molecule has 0 bridgehead atoms. The van der Waals surface area contributed by atoms with Crippen LogP contribution in [-0.4, -0.2) is 23.4 Å². The average Bonchev–Trinajstić information content (AvgIpc) is 3.17. The van der Waals surface area contributed by atoms with Crippen molar-refractivity contribution in [1.82, 2.24) is 10.6 Å². The van der Waals surface area contributed by atoms with Crippen LogP contribution in [-0.2, 0) is 9.59 Å². The van der Waals surface area contributed by atoms with Gasteiger partial charge in [-0.3, -0.25) is 9.59 Å². The highest BCUT2D eigenvalue weighted by Gasteiger charge is 2.45. The van der Waals surface area contributed by atoms with Crippen LogP contribution in [0.5, 0.6) is 0 Å². The minimum absolute atomic E-state index is 0.00835. The highest BCUT2D eigenvalue weighted by atomic mass is 16.2. The monoisotopic (exact) mass is 302 g/mol. The third kappa shape index (κ3) is 4.09. The van der Waals surface area contributed by atoms with E-state index in [1.165, 1.54) is 11.1 Å². The molecule has 0 aliphatic heterocycles. The number of aryl methyl sites for hydroxylation is 1. The van der Waals surface area contributed by atoms with E-state index in [-0.39, 0.29) is 23.3 Å². The summed E-state index contributed by atoms with van der Waals surface area (Å²) < 4.78 is 0. The molecule has 1 aromatic rings. The summed E-state index contributed by atoms with van der Waals surface area (Å²) in [5.41, 5.74) is 2.18. The molecule has 1 aliphatic carbocycles. The van der Waals surface area contributed by atoms with Crippen molar-refractivity contribution in [2.75, 3.05) is 0 Å². The minimum Gasteiger partial charge on any atom is -0.350 e. The van der Waals surface area contributed by atoms with Crippen molar-refractivity contribution in [3.05, 3.63) is 35.4 Å². The van der Waals surface area contributed by atoms with E-state index in [1.54, 1.807) is 6.92 Å². The van der Waals surface area contributed by atoms with Gasteiger partial charge in [-0.25, -0.2) is 0 Å². The Labute approximate surface area is 132 Å². The lowest BCUT2D eigenvalue weighted by atomic mass is 10.0. The lowest BCUT2D eigenvalue weighted by Crippen LogP contribution is -2.51. The fourth-order valence-corrected chi connectivity index (χ4v) is 2.70. The lowest BCUT2D eigenvalue weighted by Gasteiger charge is -2.23. The molecule has 0 radical (unpaired) electrons. The van der Waals surface area contributed by atoms with Crippen LogP contribution < -0.4 is 10.6 Å². The summed E-state index contributed by atoms with van der Waals surface area (Å²) in [6.45, 7) is 9.57. The van der Waals surface area contributed by atoms with E-state index >= 15 is 0 Å². The van der Waals surface area contributed by atoms with Crippen molar-refractivity contribution < 1.29 is 9.59 Å². The van der Waals surface area contributed by atoms with Crippen LogP contribution in [0.25, 0.3) is 0 Å². The molecule has 4 heteroatoms. The van der Waals surface area contributed by atoms with Gasteiger partial charge in [0.15, 0.2) is 0 Å². The Morgan fingerprint density at radius 3 is 2.45 bits per heavy atom. The molecule has 22 heavy (non-hydrogen) atoms. The number of nitrogens with one attached hydrogen (secondary N) is 2. The van der Waals surface area contributed by atoms with E-state index in [4.69, 9.17) is 0 Å². The molecule has 2 amide bonds. The van der Waals surface area contributed by atoms with E-state index in [2.05, 4.69) is 29.7 Å². The summed E-state index contributed by atoms with van der Waals surface area (Å²) in [6, 6.07) is 7.67. The van der Waals surface area contributed by atoms with Gasteiger partial charge in [-0.15, -0.1) is 0 Å². The molecule has 0 unspecified atom stereocenters. The second kappa shape index (κ2) is 6.11. The maximum atomic E-state index is 12.3. The van der Waals surface area contributed by atoms with Crippen molar-refractivity contribution >= 4 is 11.8 Å². The van der Waals surface area contributed by atoms with Gasteiger partial charge in [0.1, 0.15) is 6.04 Å². The van der Waals surface area contributed by atoms with Gasteiger partial charge in [0, 0.05) is 11.5 Å². The summed E-state index contributed by atoms with van der Waals surface area (Å²) in [6.07, 6.45) is 0.865. The average molecular weight is 302 g/mol. The summed E-state index contributed by atoms with van der Waals surface area (Å²) in [5.74, 6) is 0.115. The zero-order valence-electron chi connectivity index (χ0n) is 14.1. The first-order valence-corrected chi connectivity index (χ1v) is 7.87. The maximum Gasteiger partial charge on any atom is 0.242 e. The Hall–Kier alpha value is -1.84. The highest BCUT2D eigenvalue weighted by Crippen LogP contribution is 2.48. The van der Waals surface area contributed by atoms with Gasteiger partial charge < -0.3 is 10.6 Å². The normalized spacial score (nSPS) is 21.9. The van der Waals surface area contributed by atoms with Crippen LogP contribution in [0.2, 0.25) is 0 Å². The topological polar surface area (TPSA) is 58.2 Å². The molecule has 0 spiro atoms. The molecule has 120 valence electrons. The Balaban J connectivity index is 1.89. The van der Waals surface area contributed by atoms with Crippen molar-refractivity contribution in [3.63, 3.8) is 0 Å². The number of hydrogen-bond donors (Lipinski definition) is 2. The SMILES string of the molecule is Cc1ccccc1[C@@H]1C[C@H]1C(=O)N[C@@H](C)C(=O)NC(C)(C)C. The van der Waals surface area contributed by atoms with Gasteiger partial charge >= 0.3 is 0 Å². The summed E-state index contributed by atoms with van der Waals surface area (Å²) in [4.78, 5) is 24.3. The molecule has 3 atom stereocenters. The Bertz CT molecular complexity index is 575. The van der Waals surface area contributed by atoms with E-state index < -0.39 is 6.04 Å². The van der Waals surface area contributed by atoms with Crippen molar-refractivity contribution in [3.8, 4) is 0 Å². The Morgan fingerprint density at radius 1 is 1.23 bits per heavy atom. The third-order valence-electron chi connectivity index (χ3n) is 3.97. The molecule has 2 rings (SSSR count). The van der Waals surface area contributed by atoms with E-state index in [1.807, 2.05) is 32.9 Å². The second-order valence-electron chi connectivity index (χ2n) is 7.27. The molecule has 0 aromatic heterocycles. The standard InChI is InChI=1S/C18H26N2O2/c1-11-8-6-7-9-13(11)14-10-15(14)17(22)19-12(2)16(21)20-18(3,4)5/h6-9,12,14-15H,10H2,1-5H3,(H,19,22)(H,20,21)/t12-,14-,15+/m0/s1. The van der Waals surface area contributed by atoms with E-state index in [9.17, 15) is 9.59 Å².